The number of rotatable bonds is 6. The predicted molar refractivity (Wildman–Crippen MR) is 112 cm³/mol. The molecule has 0 radical (unpaired) electrons. The Kier molecular flexibility index (Phi) is 5.87. The smallest absolute Gasteiger partial charge is 0.276 e. The molecule has 0 saturated carbocycles. The Morgan fingerprint density at radius 2 is 1.79 bits per heavy atom. The summed E-state index contributed by atoms with van der Waals surface area (Å²) in [5, 5.41) is 15.7. The Balaban J connectivity index is 1.77. The van der Waals surface area contributed by atoms with Crippen LogP contribution in [0, 0.1) is 24.0 Å². The summed E-state index contributed by atoms with van der Waals surface area (Å²) in [6.07, 6.45) is 2.83. The average Bonchev–Trinajstić information content (AvgIpc) is 3.01. The first-order valence-corrected chi connectivity index (χ1v) is 9.15. The van der Waals surface area contributed by atoms with Crippen LogP contribution in [0.25, 0.3) is 11.8 Å². The van der Waals surface area contributed by atoms with Crippen LogP contribution < -0.4 is 0 Å². The highest BCUT2D eigenvalue weighted by molar-refractivity contribution is 5.92. The summed E-state index contributed by atoms with van der Waals surface area (Å²) in [4.78, 5) is 24.8. The Bertz CT molecular complexity index is 1070. The number of carbonyl (C=O) groups is 1. The molecule has 0 N–H and O–H groups in total. The van der Waals surface area contributed by atoms with E-state index in [2.05, 4.69) is 5.10 Å². The van der Waals surface area contributed by atoms with Crippen LogP contribution in [-0.2, 0) is 11.3 Å². The summed E-state index contributed by atoms with van der Waals surface area (Å²) in [6, 6.07) is 16.1. The summed E-state index contributed by atoms with van der Waals surface area (Å²) in [6.45, 7) is 4.29. The molecule has 148 valence electrons. The molecular weight excluding hydrogens is 368 g/mol. The lowest BCUT2D eigenvalue weighted by molar-refractivity contribution is -0.385. The van der Waals surface area contributed by atoms with E-state index in [-0.39, 0.29) is 11.6 Å². The van der Waals surface area contributed by atoms with Crippen molar-refractivity contribution in [2.45, 2.75) is 20.4 Å². The van der Waals surface area contributed by atoms with Gasteiger partial charge in [0.1, 0.15) is 0 Å². The number of nitro benzene ring substituents is 1. The van der Waals surface area contributed by atoms with Crippen LogP contribution in [0.5, 0.6) is 0 Å². The molecule has 0 aliphatic heterocycles. The molecule has 3 rings (SSSR count). The molecule has 1 amide bonds. The zero-order chi connectivity index (χ0) is 21.0. The van der Waals surface area contributed by atoms with Gasteiger partial charge in [-0.3, -0.25) is 14.9 Å². The second kappa shape index (κ2) is 8.52. The number of nitro groups is 1. The summed E-state index contributed by atoms with van der Waals surface area (Å²) in [5.74, 6) is -0.241. The van der Waals surface area contributed by atoms with Gasteiger partial charge in [-0.15, -0.1) is 0 Å². The van der Waals surface area contributed by atoms with Crippen molar-refractivity contribution in [1.29, 1.82) is 0 Å². The molecular formula is C22H22N4O3. The molecule has 29 heavy (non-hydrogen) atoms. The molecule has 0 aliphatic carbocycles. The highest BCUT2D eigenvalue weighted by atomic mass is 16.6. The Hall–Kier alpha value is -3.74. The van der Waals surface area contributed by atoms with E-state index < -0.39 is 4.92 Å². The van der Waals surface area contributed by atoms with Gasteiger partial charge in [0.05, 0.1) is 21.9 Å². The molecule has 0 spiro atoms. The number of hydrogen-bond acceptors (Lipinski definition) is 4. The zero-order valence-corrected chi connectivity index (χ0v) is 16.6. The average molecular weight is 390 g/mol. The fourth-order valence-electron chi connectivity index (χ4n) is 3.12. The molecule has 7 heteroatoms. The first-order chi connectivity index (χ1) is 13.9. The van der Waals surface area contributed by atoms with Crippen LogP contribution in [-0.4, -0.2) is 32.6 Å². The monoisotopic (exact) mass is 390 g/mol. The normalized spacial score (nSPS) is 11.0. The van der Waals surface area contributed by atoms with Crippen LogP contribution in [0.3, 0.4) is 0 Å². The lowest BCUT2D eigenvalue weighted by Crippen LogP contribution is -2.24. The van der Waals surface area contributed by atoms with Crippen molar-refractivity contribution >= 4 is 17.7 Å². The van der Waals surface area contributed by atoms with E-state index in [0.29, 0.717) is 12.1 Å². The summed E-state index contributed by atoms with van der Waals surface area (Å²) in [5.41, 5.74) is 4.12. The number of hydrogen-bond donors (Lipinski definition) is 0. The standard InChI is InChI=1S/C22H22N4O3/c1-16-20(17(2)25(23-16)19-10-5-4-6-11-19)15-24(3)22(27)14-13-18-9-7-8-12-21(18)26(28)29/h4-14H,15H2,1-3H3/b14-13+. The van der Waals surface area contributed by atoms with Crippen molar-refractivity contribution in [3.63, 3.8) is 0 Å². The third kappa shape index (κ3) is 4.40. The number of carbonyl (C=O) groups excluding carboxylic acids is 1. The number of nitrogens with zero attached hydrogens (tertiary/aromatic N) is 4. The zero-order valence-electron chi connectivity index (χ0n) is 16.6. The van der Waals surface area contributed by atoms with E-state index >= 15 is 0 Å². The Labute approximate surface area is 169 Å². The van der Waals surface area contributed by atoms with E-state index in [1.807, 2.05) is 48.9 Å². The minimum absolute atomic E-state index is 0.0324. The van der Waals surface area contributed by atoms with Gasteiger partial charge in [-0.2, -0.15) is 5.10 Å². The Morgan fingerprint density at radius 1 is 1.14 bits per heavy atom. The van der Waals surface area contributed by atoms with Crippen molar-refractivity contribution in [2.24, 2.45) is 0 Å². The molecule has 3 aromatic rings. The summed E-state index contributed by atoms with van der Waals surface area (Å²) >= 11 is 0. The molecule has 0 atom stereocenters. The number of para-hydroxylation sites is 2. The lowest BCUT2D eigenvalue weighted by atomic mass is 10.1. The van der Waals surface area contributed by atoms with E-state index in [1.54, 1.807) is 30.1 Å². The van der Waals surface area contributed by atoms with E-state index in [0.717, 1.165) is 22.6 Å². The molecule has 1 aromatic heterocycles. The van der Waals surface area contributed by atoms with Crippen molar-refractivity contribution < 1.29 is 9.72 Å². The Morgan fingerprint density at radius 3 is 2.48 bits per heavy atom. The number of amides is 1. The second-order valence-corrected chi connectivity index (χ2v) is 6.74. The van der Waals surface area contributed by atoms with Gasteiger partial charge in [-0.1, -0.05) is 30.3 Å². The first-order valence-electron chi connectivity index (χ1n) is 9.15. The molecule has 1 heterocycles. The van der Waals surface area contributed by atoms with Gasteiger partial charge in [0.15, 0.2) is 0 Å². The highest BCUT2D eigenvalue weighted by Gasteiger charge is 2.16. The van der Waals surface area contributed by atoms with Crippen LogP contribution in [0.2, 0.25) is 0 Å². The maximum Gasteiger partial charge on any atom is 0.276 e. The number of benzene rings is 2. The van der Waals surface area contributed by atoms with Gasteiger partial charge in [0, 0.05) is 37.0 Å². The van der Waals surface area contributed by atoms with Gasteiger partial charge in [0.25, 0.3) is 5.69 Å². The fourth-order valence-corrected chi connectivity index (χ4v) is 3.12. The number of likely N-dealkylation sites (N-methyl/N-ethyl adjacent to an activating group) is 1. The minimum atomic E-state index is -0.460. The van der Waals surface area contributed by atoms with E-state index in [1.165, 1.54) is 18.2 Å². The fraction of sp³-hybridized carbons (Fsp3) is 0.182. The third-order valence-corrected chi connectivity index (χ3v) is 4.75. The van der Waals surface area contributed by atoms with E-state index in [9.17, 15) is 14.9 Å². The largest absolute Gasteiger partial charge is 0.338 e. The number of aryl methyl sites for hydroxylation is 1. The summed E-state index contributed by atoms with van der Waals surface area (Å²) < 4.78 is 1.87. The van der Waals surface area contributed by atoms with Crippen LogP contribution in [0.15, 0.2) is 60.7 Å². The SMILES string of the molecule is Cc1nn(-c2ccccc2)c(C)c1CN(C)C(=O)/C=C/c1ccccc1[N+](=O)[O-]. The number of aromatic nitrogens is 2. The van der Waals surface area contributed by atoms with E-state index in [4.69, 9.17) is 0 Å². The van der Waals surface area contributed by atoms with Gasteiger partial charge in [-0.25, -0.2) is 4.68 Å². The molecule has 0 aliphatic rings. The van der Waals surface area contributed by atoms with Crippen molar-refractivity contribution in [3.05, 3.63) is 93.3 Å². The second-order valence-electron chi connectivity index (χ2n) is 6.74. The summed E-state index contributed by atoms with van der Waals surface area (Å²) in [7, 11) is 1.70. The topological polar surface area (TPSA) is 81.3 Å². The van der Waals surface area contributed by atoms with Gasteiger partial charge in [-0.05, 0) is 38.1 Å². The predicted octanol–water partition coefficient (Wildman–Crippen LogP) is 4.07. The first kappa shape index (κ1) is 20.0. The molecule has 0 saturated heterocycles. The van der Waals surface area contributed by atoms with Crippen LogP contribution in [0.4, 0.5) is 5.69 Å². The van der Waals surface area contributed by atoms with Gasteiger partial charge < -0.3 is 4.90 Å². The maximum absolute atomic E-state index is 12.5. The molecule has 0 fully saturated rings. The maximum atomic E-state index is 12.5. The van der Waals surface area contributed by atoms with Gasteiger partial charge >= 0.3 is 0 Å². The van der Waals surface area contributed by atoms with Crippen molar-refractivity contribution in [3.8, 4) is 5.69 Å². The van der Waals surface area contributed by atoms with Crippen molar-refractivity contribution in [2.75, 3.05) is 7.05 Å². The van der Waals surface area contributed by atoms with Crippen LogP contribution in [0.1, 0.15) is 22.5 Å². The van der Waals surface area contributed by atoms with Crippen molar-refractivity contribution in [1.82, 2.24) is 14.7 Å². The van der Waals surface area contributed by atoms with Gasteiger partial charge in [0.2, 0.25) is 5.91 Å². The molecule has 0 unspecified atom stereocenters. The minimum Gasteiger partial charge on any atom is -0.338 e. The highest BCUT2D eigenvalue weighted by Crippen LogP contribution is 2.21. The quantitative estimate of drug-likeness (QED) is 0.361. The molecule has 2 aromatic carbocycles. The third-order valence-electron chi connectivity index (χ3n) is 4.75. The lowest BCUT2D eigenvalue weighted by Gasteiger charge is -2.15. The van der Waals surface area contributed by atoms with Crippen LogP contribution >= 0.6 is 0 Å². The molecule has 7 nitrogen and oxygen atoms in total. The molecule has 0 bridgehead atoms.